The van der Waals surface area contributed by atoms with Crippen LogP contribution in [0.1, 0.15) is 12.5 Å². The first kappa shape index (κ1) is 17.4. The van der Waals surface area contributed by atoms with Gasteiger partial charge in [-0.1, -0.05) is 55.1 Å². The normalized spacial score (nSPS) is 11.3. The molecule has 5 rings (SSSR count). The number of ether oxygens (including phenoxy) is 1. The van der Waals surface area contributed by atoms with Gasteiger partial charge in [-0.15, -0.1) is 0 Å². The highest BCUT2D eigenvalue weighted by Gasteiger charge is 2.13. The molecule has 0 aliphatic carbocycles. The predicted octanol–water partition coefficient (Wildman–Crippen LogP) is 6.92. The maximum atomic E-state index is 12.1. The molecule has 0 unspecified atom stereocenters. The maximum absolute atomic E-state index is 12.1. The quantitative estimate of drug-likeness (QED) is 0.194. The molecule has 140 valence electrons. The molecule has 0 radical (unpaired) electrons. The molecule has 0 fully saturated rings. The summed E-state index contributed by atoms with van der Waals surface area (Å²) in [6, 6.07) is 27.7. The lowest BCUT2D eigenvalue weighted by atomic mass is 9.93. The van der Waals surface area contributed by atoms with Crippen LogP contribution in [0.4, 0.5) is 0 Å². The van der Waals surface area contributed by atoms with Gasteiger partial charge in [-0.3, -0.25) is 0 Å². The third-order valence-corrected chi connectivity index (χ3v) is 5.49. The molecule has 29 heavy (non-hydrogen) atoms. The van der Waals surface area contributed by atoms with Crippen LogP contribution in [0.15, 0.2) is 91.0 Å². The van der Waals surface area contributed by atoms with Gasteiger partial charge in [-0.05, 0) is 80.3 Å². The predicted molar refractivity (Wildman–Crippen MR) is 121 cm³/mol. The molecule has 0 N–H and O–H groups in total. The number of rotatable bonds is 3. The highest BCUT2D eigenvalue weighted by Crippen LogP contribution is 2.34. The Bertz CT molecular complexity index is 1350. The van der Waals surface area contributed by atoms with E-state index in [0.717, 1.165) is 27.1 Å². The maximum Gasteiger partial charge on any atom is 0.333 e. The van der Waals surface area contributed by atoms with Gasteiger partial charge in [0.05, 0.1) is 0 Å². The summed E-state index contributed by atoms with van der Waals surface area (Å²) in [5.41, 5.74) is 1.44. The van der Waals surface area contributed by atoms with Crippen molar-refractivity contribution in [2.75, 3.05) is 0 Å². The molecule has 0 saturated carbocycles. The van der Waals surface area contributed by atoms with Gasteiger partial charge in [0, 0.05) is 11.1 Å². The first-order valence-electron chi connectivity index (χ1n) is 9.70. The minimum absolute atomic E-state index is 0.218. The minimum Gasteiger partial charge on any atom is -0.457 e. The minimum atomic E-state index is -0.364. The molecule has 2 nitrogen and oxygen atoms in total. The Morgan fingerprint density at radius 2 is 1.14 bits per heavy atom. The summed E-state index contributed by atoms with van der Waals surface area (Å²) in [6.07, 6.45) is 0. The second-order valence-corrected chi connectivity index (χ2v) is 7.55. The number of hydrogen-bond donors (Lipinski definition) is 0. The largest absolute Gasteiger partial charge is 0.457 e. The van der Waals surface area contributed by atoms with E-state index in [1.807, 2.05) is 12.1 Å². The molecule has 0 amide bonds. The van der Waals surface area contributed by atoms with E-state index in [1.165, 1.54) is 21.5 Å². The van der Waals surface area contributed by atoms with E-state index in [0.29, 0.717) is 5.57 Å². The number of carbonyl (C=O) groups is 1. The average molecular weight is 376 g/mol. The van der Waals surface area contributed by atoms with E-state index in [9.17, 15) is 4.79 Å². The molecule has 0 aliphatic rings. The second-order valence-electron chi connectivity index (χ2n) is 7.55. The fourth-order valence-corrected chi connectivity index (χ4v) is 4.01. The second kappa shape index (κ2) is 6.75. The van der Waals surface area contributed by atoms with Gasteiger partial charge >= 0.3 is 5.97 Å². The van der Waals surface area contributed by atoms with Crippen molar-refractivity contribution in [2.24, 2.45) is 0 Å². The van der Waals surface area contributed by atoms with E-state index in [2.05, 4.69) is 73.3 Å². The summed E-state index contributed by atoms with van der Waals surface area (Å²) in [4.78, 5) is 12.1. The summed E-state index contributed by atoms with van der Waals surface area (Å²) in [7, 11) is 0. The van der Waals surface area contributed by atoms with Gasteiger partial charge in [0.2, 0.25) is 0 Å². The Balaban J connectivity index is 1.84. The van der Waals surface area contributed by atoms with Crippen LogP contribution in [0, 0.1) is 0 Å². The number of benzene rings is 5. The van der Waals surface area contributed by atoms with E-state index in [4.69, 9.17) is 4.74 Å². The van der Waals surface area contributed by atoms with Crippen molar-refractivity contribution >= 4 is 49.1 Å². The van der Waals surface area contributed by atoms with E-state index in [1.54, 1.807) is 6.92 Å². The van der Waals surface area contributed by atoms with Crippen molar-refractivity contribution in [2.45, 2.75) is 13.5 Å². The monoisotopic (exact) mass is 376 g/mol. The van der Waals surface area contributed by atoms with Gasteiger partial charge in [-0.25, -0.2) is 4.79 Å². The molecule has 5 aromatic carbocycles. The molecular formula is C27H20O2. The first-order chi connectivity index (χ1) is 14.1. The third-order valence-electron chi connectivity index (χ3n) is 5.49. The molecule has 0 aliphatic heterocycles. The van der Waals surface area contributed by atoms with Gasteiger partial charge < -0.3 is 4.74 Å². The van der Waals surface area contributed by atoms with Gasteiger partial charge in [0.1, 0.15) is 6.61 Å². The lowest BCUT2D eigenvalue weighted by molar-refractivity contribution is -0.140. The van der Waals surface area contributed by atoms with E-state index < -0.39 is 0 Å². The zero-order valence-electron chi connectivity index (χ0n) is 16.2. The van der Waals surface area contributed by atoms with Crippen molar-refractivity contribution < 1.29 is 9.53 Å². The highest BCUT2D eigenvalue weighted by atomic mass is 16.5. The van der Waals surface area contributed by atoms with Crippen LogP contribution in [-0.2, 0) is 16.1 Å². The van der Waals surface area contributed by atoms with Crippen molar-refractivity contribution in [1.29, 1.82) is 0 Å². The number of carbonyl (C=O) groups excluding carboxylic acids is 1. The molecule has 0 atom stereocenters. The Labute approximate surface area is 169 Å². The zero-order valence-corrected chi connectivity index (χ0v) is 16.2. The van der Waals surface area contributed by atoms with Crippen LogP contribution in [0.2, 0.25) is 0 Å². The molecular weight excluding hydrogens is 356 g/mol. The van der Waals surface area contributed by atoms with Crippen LogP contribution in [-0.4, -0.2) is 5.97 Å². The van der Waals surface area contributed by atoms with E-state index >= 15 is 0 Å². The lowest BCUT2D eigenvalue weighted by Crippen LogP contribution is -2.05. The Morgan fingerprint density at radius 3 is 1.59 bits per heavy atom. The third kappa shape index (κ3) is 3.03. The van der Waals surface area contributed by atoms with Crippen molar-refractivity contribution in [3.05, 3.63) is 96.6 Å². The summed E-state index contributed by atoms with van der Waals surface area (Å²) < 4.78 is 5.59. The van der Waals surface area contributed by atoms with Crippen LogP contribution in [0.5, 0.6) is 0 Å². The van der Waals surface area contributed by atoms with Gasteiger partial charge in [0.15, 0.2) is 0 Å². The highest BCUT2D eigenvalue weighted by molar-refractivity contribution is 6.10. The lowest BCUT2D eigenvalue weighted by Gasteiger charge is -2.14. The molecule has 0 spiro atoms. The van der Waals surface area contributed by atoms with Crippen LogP contribution in [0.25, 0.3) is 43.1 Å². The number of hydrogen-bond acceptors (Lipinski definition) is 2. The van der Waals surface area contributed by atoms with Crippen molar-refractivity contribution in [1.82, 2.24) is 0 Å². The van der Waals surface area contributed by atoms with Crippen LogP contribution in [0.3, 0.4) is 0 Å². The Kier molecular flexibility index (Phi) is 4.06. The first-order valence-corrected chi connectivity index (χ1v) is 9.70. The van der Waals surface area contributed by atoms with Crippen LogP contribution < -0.4 is 0 Å². The van der Waals surface area contributed by atoms with Crippen molar-refractivity contribution in [3.8, 4) is 0 Å². The molecule has 0 aromatic heterocycles. The fraction of sp³-hybridized carbons (Fsp3) is 0.0741. The van der Waals surface area contributed by atoms with Gasteiger partial charge in [0.25, 0.3) is 0 Å². The number of fused-ring (bicyclic) bond motifs is 4. The summed E-state index contributed by atoms with van der Waals surface area (Å²) in [5, 5.41) is 9.26. The Morgan fingerprint density at radius 1 is 0.724 bits per heavy atom. The summed E-state index contributed by atoms with van der Waals surface area (Å²) >= 11 is 0. The standard InChI is InChI=1S/C27H20O2/c1-17(2)27(28)29-16-26-24-14-20-9-5-3-7-18(20)11-22(24)13-23-12-19-8-4-6-10-21(19)15-25(23)26/h3-15H,1,16H2,2H3. The molecule has 0 heterocycles. The SMILES string of the molecule is C=C(C)C(=O)OCc1c2cc3ccccc3cc2cc2cc3ccccc3cc12. The van der Waals surface area contributed by atoms with E-state index in [-0.39, 0.29) is 12.6 Å². The topological polar surface area (TPSA) is 26.3 Å². The zero-order chi connectivity index (χ0) is 20.0. The summed E-state index contributed by atoms with van der Waals surface area (Å²) in [6.45, 7) is 5.59. The van der Waals surface area contributed by atoms with Gasteiger partial charge in [-0.2, -0.15) is 0 Å². The smallest absolute Gasteiger partial charge is 0.333 e. The molecule has 2 heteroatoms. The number of esters is 1. The Hall–Kier alpha value is -3.65. The average Bonchev–Trinajstić information content (AvgIpc) is 2.73. The molecule has 0 bridgehead atoms. The molecule has 0 saturated heterocycles. The van der Waals surface area contributed by atoms with Crippen LogP contribution >= 0.6 is 0 Å². The fourth-order valence-electron chi connectivity index (χ4n) is 4.01. The molecule has 5 aromatic rings. The van der Waals surface area contributed by atoms with Crippen molar-refractivity contribution in [3.63, 3.8) is 0 Å². The summed E-state index contributed by atoms with van der Waals surface area (Å²) in [5.74, 6) is -0.364.